The number of hydrogen-bond donors (Lipinski definition) is 0. The molecule has 1 aromatic rings. The summed E-state index contributed by atoms with van der Waals surface area (Å²) in [5, 5.41) is 0. The lowest BCUT2D eigenvalue weighted by molar-refractivity contribution is 0.101. The second-order valence-electron chi connectivity index (χ2n) is 4.77. The first-order valence-corrected chi connectivity index (χ1v) is 6.92. The third-order valence-electron chi connectivity index (χ3n) is 3.61. The number of carbonyl (C=O) groups excluding carboxylic acids is 1. The standard InChI is InChI=1S/C14H18BrNO/c1-10(17)11-7-8-14(13(15)9-11)16(2)12-5-3-4-6-12/h7-9,12H,3-6H2,1-2H3. The molecule has 2 rings (SSSR count). The summed E-state index contributed by atoms with van der Waals surface area (Å²) in [7, 11) is 2.14. The van der Waals surface area contributed by atoms with Crippen LogP contribution >= 0.6 is 15.9 Å². The minimum Gasteiger partial charge on any atom is -0.371 e. The molecule has 0 amide bonds. The van der Waals surface area contributed by atoms with Gasteiger partial charge < -0.3 is 4.90 Å². The molecule has 0 aromatic heterocycles. The molecule has 2 nitrogen and oxygen atoms in total. The molecule has 1 saturated carbocycles. The van der Waals surface area contributed by atoms with Gasteiger partial charge in [0.05, 0.1) is 5.69 Å². The van der Waals surface area contributed by atoms with Gasteiger partial charge in [0.25, 0.3) is 0 Å². The van der Waals surface area contributed by atoms with Crippen molar-refractivity contribution < 1.29 is 4.79 Å². The van der Waals surface area contributed by atoms with Gasteiger partial charge in [0.2, 0.25) is 0 Å². The summed E-state index contributed by atoms with van der Waals surface area (Å²) in [5.74, 6) is 0.112. The molecule has 0 bridgehead atoms. The van der Waals surface area contributed by atoms with E-state index in [-0.39, 0.29) is 5.78 Å². The Labute approximate surface area is 111 Å². The highest BCUT2D eigenvalue weighted by Gasteiger charge is 2.21. The van der Waals surface area contributed by atoms with Crippen molar-refractivity contribution in [2.75, 3.05) is 11.9 Å². The van der Waals surface area contributed by atoms with Crippen molar-refractivity contribution in [2.24, 2.45) is 0 Å². The summed E-state index contributed by atoms with van der Waals surface area (Å²) < 4.78 is 1.01. The molecule has 0 unspecified atom stereocenters. The Balaban J connectivity index is 2.23. The van der Waals surface area contributed by atoms with Gasteiger partial charge >= 0.3 is 0 Å². The molecule has 1 fully saturated rings. The Morgan fingerprint density at radius 3 is 2.53 bits per heavy atom. The van der Waals surface area contributed by atoms with Crippen molar-refractivity contribution in [3.63, 3.8) is 0 Å². The predicted octanol–water partition coefficient (Wildman–Crippen LogP) is 4.03. The molecule has 1 aromatic carbocycles. The normalized spacial score (nSPS) is 16.2. The highest BCUT2D eigenvalue weighted by atomic mass is 79.9. The lowest BCUT2D eigenvalue weighted by Gasteiger charge is -2.27. The molecule has 17 heavy (non-hydrogen) atoms. The van der Waals surface area contributed by atoms with Crippen LogP contribution in [0.4, 0.5) is 5.69 Å². The van der Waals surface area contributed by atoms with Crippen molar-refractivity contribution in [2.45, 2.75) is 38.6 Å². The van der Waals surface area contributed by atoms with Crippen LogP contribution in [0.25, 0.3) is 0 Å². The number of benzene rings is 1. The molecule has 1 aliphatic carbocycles. The second kappa shape index (κ2) is 5.21. The number of ketones is 1. The van der Waals surface area contributed by atoms with E-state index in [1.165, 1.54) is 31.4 Å². The fourth-order valence-electron chi connectivity index (χ4n) is 2.50. The Bertz CT molecular complexity index is 424. The minimum atomic E-state index is 0.112. The van der Waals surface area contributed by atoms with Crippen LogP contribution in [0, 0.1) is 0 Å². The topological polar surface area (TPSA) is 20.3 Å². The summed E-state index contributed by atoms with van der Waals surface area (Å²) >= 11 is 3.57. The van der Waals surface area contributed by atoms with E-state index in [1.807, 2.05) is 18.2 Å². The number of anilines is 1. The summed E-state index contributed by atoms with van der Waals surface area (Å²) in [6.07, 6.45) is 5.21. The Morgan fingerprint density at radius 1 is 1.35 bits per heavy atom. The van der Waals surface area contributed by atoms with Gasteiger partial charge in [-0.05, 0) is 53.9 Å². The monoisotopic (exact) mass is 295 g/mol. The van der Waals surface area contributed by atoms with E-state index in [2.05, 4.69) is 27.9 Å². The average molecular weight is 296 g/mol. The number of rotatable bonds is 3. The van der Waals surface area contributed by atoms with E-state index in [0.717, 1.165) is 10.0 Å². The molecule has 1 aliphatic rings. The highest BCUT2D eigenvalue weighted by molar-refractivity contribution is 9.10. The van der Waals surface area contributed by atoms with Crippen LogP contribution in [0.3, 0.4) is 0 Å². The van der Waals surface area contributed by atoms with Crippen molar-refractivity contribution in [1.82, 2.24) is 0 Å². The summed E-state index contributed by atoms with van der Waals surface area (Å²) in [6.45, 7) is 1.60. The van der Waals surface area contributed by atoms with Crippen LogP contribution in [0.15, 0.2) is 22.7 Å². The van der Waals surface area contributed by atoms with Gasteiger partial charge in [-0.25, -0.2) is 0 Å². The molecule has 0 heterocycles. The molecule has 0 spiro atoms. The van der Waals surface area contributed by atoms with Gasteiger partial charge in [-0.15, -0.1) is 0 Å². The highest BCUT2D eigenvalue weighted by Crippen LogP contribution is 2.32. The van der Waals surface area contributed by atoms with Crippen molar-refractivity contribution in [1.29, 1.82) is 0 Å². The fourth-order valence-corrected chi connectivity index (χ4v) is 3.16. The molecule has 0 aliphatic heterocycles. The summed E-state index contributed by atoms with van der Waals surface area (Å²) in [4.78, 5) is 13.6. The van der Waals surface area contributed by atoms with Crippen LogP contribution < -0.4 is 4.90 Å². The Hall–Kier alpha value is -0.830. The lowest BCUT2D eigenvalue weighted by Crippen LogP contribution is -2.29. The van der Waals surface area contributed by atoms with E-state index >= 15 is 0 Å². The number of halogens is 1. The Morgan fingerprint density at radius 2 is 2.00 bits per heavy atom. The third-order valence-corrected chi connectivity index (χ3v) is 4.24. The van der Waals surface area contributed by atoms with Crippen LogP contribution in [0.2, 0.25) is 0 Å². The van der Waals surface area contributed by atoms with Gasteiger partial charge in [-0.3, -0.25) is 4.79 Å². The van der Waals surface area contributed by atoms with Crippen molar-refractivity contribution >= 4 is 27.4 Å². The van der Waals surface area contributed by atoms with E-state index < -0.39 is 0 Å². The van der Waals surface area contributed by atoms with Gasteiger partial charge in [0, 0.05) is 23.1 Å². The number of Topliss-reactive ketones (excluding diaryl/α,β-unsaturated/α-hetero) is 1. The molecular weight excluding hydrogens is 278 g/mol. The van der Waals surface area contributed by atoms with E-state index in [9.17, 15) is 4.79 Å². The summed E-state index contributed by atoms with van der Waals surface area (Å²) in [5.41, 5.74) is 1.95. The largest absolute Gasteiger partial charge is 0.371 e. The van der Waals surface area contributed by atoms with Crippen molar-refractivity contribution in [3.8, 4) is 0 Å². The molecular formula is C14H18BrNO. The third kappa shape index (κ3) is 2.71. The maximum atomic E-state index is 11.3. The van der Waals surface area contributed by atoms with Gasteiger partial charge in [-0.1, -0.05) is 12.8 Å². The van der Waals surface area contributed by atoms with E-state index in [1.54, 1.807) is 6.92 Å². The van der Waals surface area contributed by atoms with Gasteiger partial charge in [-0.2, -0.15) is 0 Å². The van der Waals surface area contributed by atoms with Crippen LogP contribution in [0.1, 0.15) is 43.0 Å². The van der Waals surface area contributed by atoms with Gasteiger partial charge in [0.15, 0.2) is 5.78 Å². The molecule has 0 atom stereocenters. The zero-order valence-corrected chi connectivity index (χ0v) is 12.0. The van der Waals surface area contributed by atoms with Crippen LogP contribution in [-0.2, 0) is 0 Å². The molecule has 92 valence electrons. The molecule has 0 radical (unpaired) electrons. The molecule has 0 saturated heterocycles. The maximum Gasteiger partial charge on any atom is 0.159 e. The average Bonchev–Trinajstić information content (AvgIpc) is 2.81. The Kier molecular flexibility index (Phi) is 3.87. The first-order valence-electron chi connectivity index (χ1n) is 6.13. The minimum absolute atomic E-state index is 0.112. The van der Waals surface area contributed by atoms with E-state index in [0.29, 0.717) is 6.04 Å². The zero-order chi connectivity index (χ0) is 12.4. The lowest BCUT2D eigenvalue weighted by atomic mass is 10.1. The predicted molar refractivity (Wildman–Crippen MR) is 74.8 cm³/mol. The fraction of sp³-hybridized carbons (Fsp3) is 0.500. The maximum absolute atomic E-state index is 11.3. The van der Waals surface area contributed by atoms with Crippen molar-refractivity contribution in [3.05, 3.63) is 28.2 Å². The molecule has 3 heteroatoms. The van der Waals surface area contributed by atoms with Crippen LogP contribution in [-0.4, -0.2) is 18.9 Å². The number of hydrogen-bond acceptors (Lipinski definition) is 2. The second-order valence-corrected chi connectivity index (χ2v) is 5.63. The SMILES string of the molecule is CC(=O)c1ccc(N(C)C2CCCC2)c(Br)c1. The van der Waals surface area contributed by atoms with E-state index in [4.69, 9.17) is 0 Å². The van der Waals surface area contributed by atoms with Gasteiger partial charge in [0.1, 0.15) is 0 Å². The number of nitrogens with zero attached hydrogens (tertiary/aromatic N) is 1. The molecule has 0 N–H and O–H groups in total. The smallest absolute Gasteiger partial charge is 0.159 e. The van der Waals surface area contributed by atoms with Crippen LogP contribution in [0.5, 0.6) is 0 Å². The summed E-state index contributed by atoms with van der Waals surface area (Å²) in [6, 6.07) is 6.52. The quantitative estimate of drug-likeness (QED) is 0.785. The first-order chi connectivity index (χ1) is 8.09. The number of carbonyl (C=O) groups is 1. The zero-order valence-electron chi connectivity index (χ0n) is 10.4. The first kappa shape index (κ1) is 12.6.